The van der Waals surface area contributed by atoms with Crippen molar-refractivity contribution >= 4 is 11.6 Å². The first-order valence-corrected chi connectivity index (χ1v) is 5.96. The molecule has 19 heavy (non-hydrogen) atoms. The van der Waals surface area contributed by atoms with Crippen LogP contribution in [0, 0.1) is 11.6 Å². The topological polar surface area (TPSA) is 29.5 Å². The van der Waals surface area contributed by atoms with Crippen LogP contribution in [0.2, 0.25) is 5.02 Å². The molecule has 0 spiro atoms. The number of hydrogen-bond acceptors (Lipinski definition) is 2. The zero-order valence-electron chi connectivity index (χ0n) is 10.0. The number of hydrogen-bond donors (Lipinski definition) is 1. The van der Waals surface area contributed by atoms with Gasteiger partial charge in [-0.05, 0) is 37.3 Å². The highest BCUT2D eigenvalue weighted by molar-refractivity contribution is 6.32. The van der Waals surface area contributed by atoms with Crippen LogP contribution < -0.4 is 4.74 Å². The highest BCUT2D eigenvalue weighted by atomic mass is 35.5. The maximum absolute atomic E-state index is 13.6. The predicted molar refractivity (Wildman–Crippen MR) is 68.5 cm³/mol. The van der Waals surface area contributed by atoms with Crippen LogP contribution >= 0.6 is 11.6 Å². The van der Waals surface area contributed by atoms with Crippen LogP contribution in [0.5, 0.6) is 11.5 Å². The molecule has 2 nitrogen and oxygen atoms in total. The second-order valence-electron chi connectivity index (χ2n) is 4.00. The summed E-state index contributed by atoms with van der Waals surface area (Å²) in [5.74, 6) is -0.739. The molecular weight excluding hydrogens is 274 g/mol. The van der Waals surface area contributed by atoms with Crippen LogP contribution in [0.25, 0.3) is 0 Å². The number of rotatable bonds is 3. The van der Waals surface area contributed by atoms with Crippen molar-refractivity contribution in [1.29, 1.82) is 0 Å². The molecule has 1 N–H and O–H groups in total. The third-order valence-corrected chi connectivity index (χ3v) is 2.84. The maximum Gasteiger partial charge on any atom is 0.146 e. The lowest BCUT2D eigenvalue weighted by molar-refractivity contribution is 0.190. The Kier molecular flexibility index (Phi) is 4.02. The van der Waals surface area contributed by atoms with Crippen molar-refractivity contribution in [3.63, 3.8) is 0 Å². The molecule has 0 saturated heterocycles. The van der Waals surface area contributed by atoms with E-state index in [1.807, 2.05) is 0 Å². The van der Waals surface area contributed by atoms with Crippen molar-refractivity contribution in [2.24, 2.45) is 0 Å². The van der Waals surface area contributed by atoms with Gasteiger partial charge in [0, 0.05) is 0 Å². The molecule has 0 aliphatic rings. The Balaban J connectivity index is 2.41. The summed E-state index contributed by atoms with van der Waals surface area (Å²) in [6.45, 7) is 1.43. The first kappa shape index (κ1) is 13.8. The van der Waals surface area contributed by atoms with E-state index in [4.69, 9.17) is 16.3 Å². The zero-order chi connectivity index (χ0) is 14.0. The Morgan fingerprint density at radius 2 is 1.89 bits per heavy atom. The van der Waals surface area contributed by atoms with E-state index in [0.29, 0.717) is 0 Å². The van der Waals surface area contributed by atoms with Gasteiger partial charge in [0.2, 0.25) is 0 Å². The first-order chi connectivity index (χ1) is 8.99. The molecule has 1 unspecified atom stereocenters. The third-order valence-electron chi connectivity index (χ3n) is 2.54. The molecule has 2 rings (SSSR count). The summed E-state index contributed by atoms with van der Waals surface area (Å²) in [7, 11) is 0. The monoisotopic (exact) mass is 284 g/mol. The van der Waals surface area contributed by atoms with Crippen LogP contribution in [0.1, 0.15) is 18.6 Å². The van der Waals surface area contributed by atoms with E-state index in [1.54, 1.807) is 0 Å². The molecule has 0 heterocycles. The van der Waals surface area contributed by atoms with Gasteiger partial charge in [0.05, 0.1) is 16.7 Å². The van der Waals surface area contributed by atoms with E-state index in [0.717, 1.165) is 6.07 Å². The van der Waals surface area contributed by atoms with Gasteiger partial charge in [-0.15, -0.1) is 0 Å². The van der Waals surface area contributed by atoms with E-state index in [2.05, 4.69) is 0 Å². The second kappa shape index (κ2) is 5.55. The van der Waals surface area contributed by atoms with Gasteiger partial charge in [-0.3, -0.25) is 0 Å². The first-order valence-electron chi connectivity index (χ1n) is 5.58. The molecule has 0 amide bonds. The fraction of sp³-hybridized carbons (Fsp3) is 0.143. The molecule has 5 heteroatoms. The molecule has 0 aliphatic carbocycles. The normalized spacial score (nSPS) is 12.3. The van der Waals surface area contributed by atoms with E-state index in [-0.39, 0.29) is 22.1 Å². The number of halogens is 3. The Hall–Kier alpha value is -1.65. The summed E-state index contributed by atoms with van der Waals surface area (Å²) >= 11 is 5.83. The van der Waals surface area contributed by atoms with Gasteiger partial charge in [0.25, 0.3) is 0 Å². The number of ether oxygens (including phenoxy) is 1. The molecule has 0 aromatic heterocycles. The van der Waals surface area contributed by atoms with Gasteiger partial charge in [0.15, 0.2) is 0 Å². The molecule has 2 aromatic rings. The van der Waals surface area contributed by atoms with Crippen LogP contribution in [0.4, 0.5) is 8.78 Å². The Bertz CT molecular complexity index is 600. The van der Waals surface area contributed by atoms with Crippen LogP contribution in [0.15, 0.2) is 36.4 Å². The minimum Gasteiger partial charge on any atom is -0.455 e. The number of benzene rings is 2. The maximum atomic E-state index is 13.6. The lowest BCUT2D eigenvalue weighted by Gasteiger charge is -2.14. The third kappa shape index (κ3) is 3.03. The lowest BCUT2D eigenvalue weighted by atomic mass is 10.1. The molecule has 0 fully saturated rings. The van der Waals surface area contributed by atoms with Crippen LogP contribution in [0.3, 0.4) is 0 Å². The minimum absolute atomic E-state index is 0.0305. The predicted octanol–water partition coefficient (Wildman–Crippen LogP) is 4.46. The zero-order valence-corrected chi connectivity index (χ0v) is 10.8. The Morgan fingerprint density at radius 3 is 2.53 bits per heavy atom. The highest BCUT2D eigenvalue weighted by Gasteiger charge is 2.16. The Labute approximate surface area is 114 Å². The van der Waals surface area contributed by atoms with Crippen molar-refractivity contribution in [3.05, 3.63) is 58.6 Å². The lowest BCUT2D eigenvalue weighted by Crippen LogP contribution is -2.00. The van der Waals surface area contributed by atoms with Crippen molar-refractivity contribution in [3.8, 4) is 11.5 Å². The number of aliphatic hydroxyl groups is 1. The smallest absolute Gasteiger partial charge is 0.146 e. The van der Waals surface area contributed by atoms with E-state index in [1.165, 1.54) is 37.3 Å². The van der Waals surface area contributed by atoms with Crippen molar-refractivity contribution in [2.45, 2.75) is 13.0 Å². The average Bonchev–Trinajstić information content (AvgIpc) is 2.32. The fourth-order valence-corrected chi connectivity index (χ4v) is 1.89. The summed E-state index contributed by atoms with van der Waals surface area (Å²) < 4.78 is 32.0. The molecule has 0 aliphatic heterocycles. The molecule has 0 bridgehead atoms. The quantitative estimate of drug-likeness (QED) is 0.901. The second-order valence-corrected chi connectivity index (χ2v) is 4.41. The Morgan fingerprint density at radius 1 is 1.16 bits per heavy atom. The molecule has 0 radical (unpaired) electrons. The van der Waals surface area contributed by atoms with Crippen LogP contribution in [-0.4, -0.2) is 5.11 Å². The highest BCUT2D eigenvalue weighted by Crippen LogP contribution is 2.35. The molecule has 1 atom stereocenters. The van der Waals surface area contributed by atoms with Gasteiger partial charge < -0.3 is 9.84 Å². The molecule has 2 aromatic carbocycles. The summed E-state index contributed by atoms with van der Waals surface area (Å²) in [6, 6.07) is 7.80. The minimum atomic E-state index is -1.03. The van der Waals surface area contributed by atoms with Gasteiger partial charge >= 0.3 is 0 Å². The van der Waals surface area contributed by atoms with Gasteiger partial charge in [-0.25, -0.2) is 8.78 Å². The number of aliphatic hydroxyl groups excluding tert-OH is 1. The standard InChI is InChI=1S/C14H11ClF2O2/c1-8(18)14-11(17)3-2-4-13(14)19-12-6-5-9(16)7-10(12)15/h2-8,18H,1H3. The summed E-state index contributed by atoms with van der Waals surface area (Å²) in [4.78, 5) is 0. The van der Waals surface area contributed by atoms with Crippen molar-refractivity contribution in [2.75, 3.05) is 0 Å². The SMILES string of the molecule is CC(O)c1c(F)cccc1Oc1ccc(F)cc1Cl. The van der Waals surface area contributed by atoms with E-state index in [9.17, 15) is 13.9 Å². The summed E-state index contributed by atoms with van der Waals surface area (Å²) in [6.07, 6.45) is -1.03. The van der Waals surface area contributed by atoms with Gasteiger partial charge in [-0.2, -0.15) is 0 Å². The van der Waals surface area contributed by atoms with Gasteiger partial charge in [0.1, 0.15) is 23.1 Å². The largest absolute Gasteiger partial charge is 0.455 e. The molecule has 0 saturated carbocycles. The fourth-order valence-electron chi connectivity index (χ4n) is 1.69. The van der Waals surface area contributed by atoms with Crippen molar-refractivity contribution < 1.29 is 18.6 Å². The average molecular weight is 285 g/mol. The van der Waals surface area contributed by atoms with E-state index < -0.39 is 17.7 Å². The van der Waals surface area contributed by atoms with Crippen molar-refractivity contribution in [1.82, 2.24) is 0 Å². The summed E-state index contributed by atoms with van der Waals surface area (Å²) in [5, 5.41) is 9.63. The molecule has 100 valence electrons. The summed E-state index contributed by atoms with van der Waals surface area (Å²) in [5.41, 5.74) is 0.0305. The van der Waals surface area contributed by atoms with Gasteiger partial charge in [-0.1, -0.05) is 17.7 Å². The van der Waals surface area contributed by atoms with E-state index >= 15 is 0 Å². The van der Waals surface area contributed by atoms with Crippen LogP contribution in [-0.2, 0) is 0 Å². The molecular formula is C14H11ClF2O2.